The first-order chi connectivity index (χ1) is 9.76. The summed E-state index contributed by atoms with van der Waals surface area (Å²) in [6.07, 6.45) is 2.56. The van der Waals surface area contributed by atoms with Gasteiger partial charge in [-0.05, 0) is 33.6 Å². The van der Waals surface area contributed by atoms with E-state index in [0.29, 0.717) is 6.42 Å². The summed E-state index contributed by atoms with van der Waals surface area (Å²) in [5, 5.41) is 10.7. The molecule has 0 spiro atoms. The molecule has 0 aromatic carbocycles. The minimum atomic E-state index is -0.389. The third-order valence-corrected chi connectivity index (χ3v) is 1.87. The first-order valence-corrected chi connectivity index (χ1v) is 7.35. The third-order valence-electron chi connectivity index (χ3n) is 1.87. The van der Waals surface area contributed by atoms with E-state index in [4.69, 9.17) is 9.84 Å². The Bertz CT molecular complexity index is 249. The van der Waals surface area contributed by atoms with Crippen molar-refractivity contribution < 1.29 is 24.2 Å². The molecule has 0 fully saturated rings. The van der Waals surface area contributed by atoms with Crippen LogP contribution in [-0.2, 0) is 14.3 Å². The molecular weight excluding hydrogens is 274 g/mol. The van der Waals surface area contributed by atoms with Gasteiger partial charge in [-0.3, -0.25) is 4.79 Å². The van der Waals surface area contributed by atoms with Gasteiger partial charge in [0.1, 0.15) is 5.60 Å². The van der Waals surface area contributed by atoms with Crippen LogP contribution in [0, 0.1) is 0 Å². The zero-order valence-electron chi connectivity index (χ0n) is 14.6. The Morgan fingerprint density at radius 1 is 1.10 bits per heavy atom. The van der Waals surface area contributed by atoms with E-state index in [9.17, 15) is 9.59 Å². The number of aliphatic hydroxyl groups excluding tert-OH is 1. The van der Waals surface area contributed by atoms with E-state index >= 15 is 0 Å². The standard InChI is InChI=1S/C7H14O3.C6H13NO2.C2H6/c1-10-7(9)5-3-2-4-6-8;1-6(2,3)9-5(8)7-4;1-2/h8H,2-6H2,1H3;1-4H3,(H,7,8);1-2H3. The predicted octanol–water partition coefficient (Wildman–Crippen LogP) is 2.88. The highest BCUT2D eigenvalue weighted by Crippen LogP contribution is 2.05. The van der Waals surface area contributed by atoms with E-state index < -0.39 is 0 Å². The van der Waals surface area contributed by atoms with Crippen LogP contribution < -0.4 is 5.32 Å². The van der Waals surface area contributed by atoms with Crippen LogP contribution in [0.4, 0.5) is 4.79 Å². The van der Waals surface area contributed by atoms with Crippen LogP contribution in [0.5, 0.6) is 0 Å². The average Bonchev–Trinajstić information content (AvgIpc) is 2.44. The molecule has 128 valence electrons. The normalized spacial score (nSPS) is 9.33. The van der Waals surface area contributed by atoms with Gasteiger partial charge in [0.05, 0.1) is 7.11 Å². The molecule has 0 aliphatic heterocycles. The van der Waals surface area contributed by atoms with Crippen LogP contribution in [0.2, 0.25) is 0 Å². The Balaban J connectivity index is -0.000000277. The lowest BCUT2D eigenvalue weighted by Gasteiger charge is -2.18. The summed E-state index contributed by atoms with van der Waals surface area (Å²) in [6, 6.07) is 0. The number of carbonyl (C=O) groups excluding carboxylic acids is 2. The van der Waals surface area contributed by atoms with Gasteiger partial charge in [0.15, 0.2) is 0 Å². The molecule has 0 aromatic heterocycles. The van der Waals surface area contributed by atoms with E-state index in [1.165, 1.54) is 14.2 Å². The molecule has 0 rings (SSSR count). The van der Waals surface area contributed by atoms with Crippen molar-refractivity contribution in [1.29, 1.82) is 0 Å². The highest BCUT2D eigenvalue weighted by atomic mass is 16.6. The number of hydrogen-bond acceptors (Lipinski definition) is 5. The maximum absolute atomic E-state index is 10.5. The van der Waals surface area contributed by atoms with Crippen molar-refractivity contribution in [2.75, 3.05) is 20.8 Å². The fourth-order valence-electron chi connectivity index (χ4n) is 0.989. The number of alkyl carbamates (subject to hydrolysis) is 1. The van der Waals surface area contributed by atoms with Crippen LogP contribution in [0.1, 0.15) is 60.3 Å². The number of aliphatic hydroxyl groups is 1. The summed E-state index contributed by atoms with van der Waals surface area (Å²) >= 11 is 0. The Kier molecular flexibility index (Phi) is 19.7. The Morgan fingerprint density at radius 3 is 1.90 bits per heavy atom. The molecule has 0 aliphatic carbocycles. The first kappa shape index (κ1) is 24.7. The highest BCUT2D eigenvalue weighted by Gasteiger charge is 2.13. The second kappa shape index (κ2) is 16.8. The quantitative estimate of drug-likeness (QED) is 0.602. The Labute approximate surface area is 129 Å². The van der Waals surface area contributed by atoms with Crippen molar-refractivity contribution in [1.82, 2.24) is 5.32 Å². The fourth-order valence-corrected chi connectivity index (χ4v) is 0.989. The van der Waals surface area contributed by atoms with Crippen LogP contribution in [-0.4, -0.2) is 43.5 Å². The third kappa shape index (κ3) is 27.8. The maximum atomic E-state index is 10.5. The summed E-state index contributed by atoms with van der Waals surface area (Å²) in [6.45, 7) is 9.67. The van der Waals surface area contributed by atoms with Gasteiger partial charge in [-0.1, -0.05) is 20.3 Å². The van der Waals surface area contributed by atoms with Crippen molar-refractivity contribution in [3.63, 3.8) is 0 Å². The van der Waals surface area contributed by atoms with Gasteiger partial charge in [0.2, 0.25) is 0 Å². The lowest BCUT2D eigenvalue weighted by Crippen LogP contribution is -2.30. The molecule has 2 N–H and O–H groups in total. The number of esters is 1. The molecule has 0 bridgehead atoms. The largest absolute Gasteiger partial charge is 0.469 e. The number of methoxy groups -OCH3 is 1. The van der Waals surface area contributed by atoms with E-state index in [1.807, 2.05) is 34.6 Å². The number of hydrogen-bond donors (Lipinski definition) is 2. The van der Waals surface area contributed by atoms with E-state index in [0.717, 1.165) is 19.3 Å². The van der Waals surface area contributed by atoms with Crippen molar-refractivity contribution in [2.24, 2.45) is 0 Å². The molecule has 0 unspecified atom stereocenters. The second-order valence-electron chi connectivity index (χ2n) is 4.86. The summed E-state index contributed by atoms with van der Waals surface area (Å²) in [5.41, 5.74) is -0.389. The molecule has 0 atom stereocenters. The van der Waals surface area contributed by atoms with Crippen LogP contribution in [0.15, 0.2) is 0 Å². The number of amides is 1. The zero-order valence-corrected chi connectivity index (χ0v) is 14.6. The van der Waals surface area contributed by atoms with Gasteiger partial charge < -0.3 is 19.9 Å². The van der Waals surface area contributed by atoms with Crippen molar-refractivity contribution in [2.45, 2.75) is 65.9 Å². The summed E-state index contributed by atoms with van der Waals surface area (Å²) in [5.74, 6) is -0.169. The first-order valence-electron chi connectivity index (χ1n) is 7.35. The maximum Gasteiger partial charge on any atom is 0.407 e. The number of carbonyl (C=O) groups is 2. The van der Waals surface area contributed by atoms with Gasteiger partial charge in [-0.25, -0.2) is 4.79 Å². The van der Waals surface area contributed by atoms with Crippen LogP contribution >= 0.6 is 0 Å². The number of unbranched alkanes of at least 4 members (excludes halogenated alkanes) is 2. The van der Waals surface area contributed by atoms with Crippen LogP contribution in [0.3, 0.4) is 0 Å². The topological polar surface area (TPSA) is 84.9 Å². The van der Waals surface area contributed by atoms with E-state index in [-0.39, 0.29) is 24.3 Å². The molecule has 6 nitrogen and oxygen atoms in total. The fraction of sp³-hybridized carbons (Fsp3) is 0.867. The van der Waals surface area contributed by atoms with Gasteiger partial charge in [-0.15, -0.1) is 0 Å². The summed E-state index contributed by atoms with van der Waals surface area (Å²) in [7, 11) is 2.92. The Morgan fingerprint density at radius 2 is 1.62 bits per heavy atom. The number of rotatable bonds is 5. The minimum absolute atomic E-state index is 0.169. The lowest BCUT2D eigenvalue weighted by atomic mass is 10.2. The lowest BCUT2D eigenvalue weighted by molar-refractivity contribution is -0.140. The minimum Gasteiger partial charge on any atom is -0.469 e. The predicted molar refractivity (Wildman–Crippen MR) is 84.2 cm³/mol. The smallest absolute Gasteiger partial charge is 0.407 e. The van der Waals surface area contributed by atoms with E-state index in [1.54, 1.807) is 0 Å². The molecule has 21 heavy (non-hydrogen) atoms. The Hall–Kier alpha value is -1.30. The second-order valence-corrected chi connectivity index (χ2v) is 4.86. The van der Waals surface area contributed by atoms with Gasteiger partial charge in [0, 0.05) is 20.1 Å². The van der Waals surface area contributed by atoms with Crippen molar-refractivity contribution in [3.8, 4) is 0 Å². The molecule has 0 heterocycles. The molecule has 0 aromatic rings. The molecule has 0 saturated heterocycles. The SMILES string of the molecule is CC.CNC(=O)OC(C)(C)C.COC(=O)CCCCCO. The van der Waals surface area contributed by atoms with E-state index in [2.05, 4.69) is 10.1 Å². The van der Waals surface area contributed by atoms with Crippen molar-refractivity contribution in [3.05, 3.63) is 0 Å². The van der Waals surface area contributed by atoms with Gasteiger partial charge in [-0.2, -0.15) is 0 Å². The number of nitrogens with one attached hydrogen (secondary N) is 1. The summed E-state index contributed by atoms with van der Waals surface area (Å²) in [4.78, 5) is 21.0. The molecule has 0 aliphatic rings. The molecule has 6 heteroatoms. The van der Waals surface area contributed by atoms with Crippen LogP contribution in [0.25, 0.3) is 0 Å². The van der Waals surface area contributed by atoms with Gasteiger partial charge >= 0.3 is 12.1 Å². The number of ether oxygens (including phenoxy) is 2. The van der Waals surface area contributed by atoms with Gasteiger partial charge in [0.25, 0.3) is 0 Å². The average molecular weight is 307 g/mol. The highest BCUT2D eigenvalue weighted by molar-refractivity contribution is 5.69. The zero-order chi connectivity index (χ0) is 17.3. The monoisotopic (exact) mass is 307 g/mol. The molecule has 0 radical (unpaired) electrons. The van der Waals surface area contributed by atoms with Crippen molar-refractivity contribution >= 4 is 12.1 Å². The summed E-state index contributed by atoms with van der Waals surface area (Å²) < 4.78 is 9.27. The molecule has 1 amide bonds. The molecule has 0 saturated carbocycles. The molecular formula is C15H33NO5.